The number of alkyl halides is 3. The van der Waals surface area contributed by atoms with Crippen molar-refractivity contribution >= 4 is 27.6 Å². The van der Waals surface area contributed by atoms with Crippen molar-refractivity contribution in [3.8, 4) is 0 Å². The molecule has 0 aromatic heterocycles. The molecule has 19 heavy (non-hydrogen) atoms. The van der Waals surface area contributed by atoms with E-state index in [1.807, 2.05) is 0 Å². The highest BCUT2D eigenvalue weighted by Gasteiger charge is 2.44. The molecule has 0 bridgehead atoms. The summed E-state index contributed by atoms with van der Waals surface area (Å²) in [4.78, 5) is 10.5. The summed E-state index contributed by atoms with van der Waals surface area (Å²) in [7, 11) is 0. The molecule has 0 amide bonds. The highest BCUT2D eigenvalue weighted by atomic mass is 79.9. The number of carbonyl (C=O) groups is 1. The number of carboxylic acid groups (broad SMARTS) is 1. The molecule has 1 aromatic rings. The molecule has 2 N–H and O–H groups in total. The van der Waals surface area contributed by atoms with Gasteiger partial charge in [-0.25, -0.2) is 4.39 Å². The predicted molar refractivity (Wildman–Crippen MR) is 64.5 cm³/mol. The fourth-order valence-corrected chi connectivity index (χ4v) is 1.74. The molecule has 0 saturated heterocycles. The lowest BCUT2D eigenvalue weighted by atomic mass is 10.1. The molecule has 0 heterocycles. The zero-order valence-corrected chi connectivity index (χ0v) is 11.3. The van der Waals surface area contributed by atoms with E-state index in [0.717, 1.165) is 6.07 Å². The molecule has 1 atom stereocenters. The first-order valence-corrected chi connectivity index (χ1v) is 5.91. The second-order valence-electron chi connectivity index (χ2n) is 3.89. The molecule has 0 spiro atoms. The fourth-order valence-electron chi connectivity index (χ4n) is 1.39. The van der Waals surface area contributed by atoms with E-state index < -0.39 is 30.4 Å². The summed E-state index contributed by atoms with van der Waals surface area (Å²) in [6.45, 7) is 0.680. The number of halogens is 5. The minimum absolute atomic E-state index is 0.0829. The number of nitrogens with one attached hydrogen (secondary N) is 1. The third-order valence-corrected chi connectivity index (χ3v) is 3.06. The number of aliphatic carboxylic acids is 1. The van der Waals surface area contributed by atoms with Crippen molar-refractivity contribution in [2.45, 2.75) is 13.1 Å². The minimum atomic E-state index is -4.84. The van der Waals surface area contributed by atoms with E-state index in [1.165, 1.54) is 13.0 Å². The van der Waals surface area contributed by atoms with Crippen LogP contribution in [0.4, 0.5) is 23.2 Å². The number of rotatable bonds is 4. The quantitative estimate of drug-likeness (QED) is 0.821. The Balaban J connectivity index is 2.86. The van der Waals surface area contributed by atoms with Crippen LogP contribution in [0.3, 0.4) is 0 Å². The molecule has 0 saturated carbocycles. The Morgan fingerprint density at radius 1 is 1.47 bits per heavy atom. The molecular formula is C11H10BrF4NO2. The third-order valence-electron chi connectivity index (χ3n) is 2.46. The van der Waals surface area contributed by atoms with E-state index in [0.29, 0.717) is 5.56 Å². The van der Waals surface area contributed by atoms with Gasteiger partial charge in [0.25, 0.3) is 0 Å². The van der Waals surface area contributed by atoms with Gasteiger partial charge in [0.2, 0.25) is 0 Å². The van der Waals surface area contributed by atoms with E-state index in [1.54, 1.807) is 0 Å². The van der Waals surface area contributed by atoms with Gasteiger partial charge in [0.05, 0.1) is 4.47 Å². The molecule has 8 heteroatoms. The number of aryl methyl sites for hydroxylation is 1. The molecule has 0 aliphatic heterocycles. The number of anilines is 1. The van der Waals surface area contributed by atoms with E-state index in [2.05, 4.69) is 21.2 Å². The normalized spacial score (nSPS) is 13.2. The fraction of sp³-hybridized carbons (Fsp3) is 0.364. The Kier molecular flexibility index (Phi) is 4.78. The van der Waals surface area contributed by atoms with Gasteiger partial charge in [0.15, 0.2) is 5.92 Å². The van der Waals surface area contributed by atoms with Crippen molar-refractivity contribution in [3.63, 3.8) is 0 Å². The highest BCUT2D eigenvalue weighted by Crippen LogP contribution is 2.28. The van der Waals surface area contributed by atoms with Crippen LogP contribution in [0.1, 0.15) is 5.56 Å². The molecule has 1 aromatic carbocycles. The Labute approximate surface area is 114 Å². The topological polar surface area (TPSA) is 49.3 Å². The SMILES string of the molecule is Cc1cc(F)c(Br)cc1NCC(C(=O)O)C(F)(F)F. The minimum Gasteiger partial charge on any atom is -0.481 e. The largest absolute Gasteiger partial charge is 0.481 e. The van der Waals surface area contributed by atoms with Gasteiger partial charge in [-0.2, -0.15) is 13.2 Å². The van der Waals surface area contributed by atoms with Gasteiger partial charge in [0.1, 0.15) is 5.82 Å². The molecule has 1 rings (SSSR count). The molecule has 1 unspecified atom stereocenters. The Hall–Kier alpha value is -1.31. The van der Waals surface area contributed by atoms with Crippen LogP contribution in [0.15, 0.2) is 16.6 Å². The van der Waals surface area contributed by atoms with Crippen molar-refractivity contribution in [1.82, 2.24) is 0 Å². The van der Waals surface area contributed by atoms with Gasteiger partial charge < -0.3 is 10.4 Å². The van der Waals surface area contributed by atoms with Crippen LogP contribution in [-0.2, 0) is 4.79 Å². The maximum atomic E-state index is 13.1. The Morgan fingerprint density at radius 3 is 2.53 bits per heavy atom. The van der Waals surface area contributed by atoms with Crippen molar-refractivity contribution in [2.24, 2.45) is 5.92 Å². The maximum absolute atomic E-state index is 13.1. The molecule has 106 valence electrons. The van der Waals surface area contributed by atoms with Crippen molar-refractivity contribution in [1.29, 1.82) is 0 Å². The molecule has 0 aliphatic rings. The first kappa shape index (κ1) is 15.7. The summed E-state index contributed by atoms with van der Waals surface area (Å²) in [5, 5.41) is 10.9. The van der Waals surface area contributed by atoms with Crippen molar-refractivity contribution in [2.75, 3.05) is 11.9 Å². The summed E-state index contributed by atoms with van der Waals surface area (Å²) < 4.78 is 50.5. The molecule has 0 aliphatic carbocycles. The van der Waals surface area contributed by atoms with E-state index in [4.69, 9.17) is 5.11 Å². The van der Waals surface area contributed by atoms with Gasteiger partial charge >= 0.3 is 12.1 Å². The molecule has 0 fully saturated rings. The van der Waals surface area contributed by atoms with Gasteiger partial charge in [-0.15, -0.1) is 0 Å². The lowest BCUT2D eigenvalue weighted by Gasteiger charge is -2.18. The van der Waals surface area contributed by atoms with Gasteiger partial charge in [0, 0.05) is 12.2 Å². The Bertz CT molecular complexity index is 490. The standard InChI is InChI=1S/C11H10BrF4NO2/c1-5-2-8(13)7(12)3-9(5)17-4-6(10(18)19)11(14,15)16/h2-3,6,17H,4H2,1H3,(H,18,19). The lowest BCUT2D eigenvalue weighted by Crippen LogP contribution is -2.36. The summed E-state index contributed by atoms with van der Waals surface area (Å²) in [6, 6.07) is 2.40. The Morgan fingerprint density at radius 2 is 2.05 bits per heavy atom. The molecule has 3 nitrogen and oxygen atoms in total. The summed E-state index contributed by atoms with van der Waals surface area (Å²) in [6.07, 6.45) is -4.84. The van der Waals surface area contributed by atoms with Crippen LogP contribution in [0.25, 0.3) is 0 Å². The number of hydrogen-bond donors (Lipinski definition) is 2. The van der Waals surface area contributed by atoms with Gasteiger partial charge in [-0.3, -0.25) is 4.79 Å². The summed E-state index contributed by atoms with van der Waals surface area (Å²) >= 11 is 2.90. The van der Waals surface area contributed by atoms with E-state index >= 15 is 0 Å². The van der Waals surface area contributed by atoms with Crippen LogP contribution in [0.2, 0.25) is 0 Å². The second kappa shape index (κ2) is 5.77. The average Bonchev–Trinajstić information content (AvgIpc) is 2.23. The monoisotopic (exact) mass is 343 g/mol. The van der Waals surface area contributed by atoms with E-state index in [9.17, 15) is 22.4 Å². The average molecular weight is 344 g/mol. The van der Waals surface area contributed by atoms with Gasteiger partial charge in [-0.05, 0) is 40.5 Å². The van der Waals surface area contributed by atoms with Crippen LogP contribution in [0, 0.1) is 18.7 Å². The zero-order valence-electron chi connectivity index (χ0n) is 9.68. The molecular weight excluding hydrogens is 334 g/mol. The van der Waals surface area contributed by atoms with Crippen LogP contribution >= 0.6 is 15.9 Å². The molecule has 0 radical (unpaired) electrons. The second-order valence-corrected chi connectivity index (χ2v) is 4.75. The number of carboxylic acids is 1. The zero-order chi connectivity index (χ0) is 14.8. The maximum Gasteiger partial charge on any atom is 0.403 e. The predicted octanol–water partition coefficient (Wildman–Crippen LogP) is 3.57. The lowest BCUT2D eigenvalue weighted by molar-refractivity contribution is -0.190. The third kappa shape index (κ3) is 4.09. The first-order chi connectivity index (χ1) is 8.62. The van der Waals surface area contributed by atoms with Crippen molar-refractivity contribution in [3.05, 3.63) is 28.0 Å². The number of hydrogen-bond acceptors (Lipinski definition) is 2. The summed E-state index contributed by atoms with van der Waals surface area (Å²) in [5.74, 6) is -5.02. The van der Waals surface area contributed by atoms with Crippen molar-refractivity contribution < 1.29 is 27.5 Å². The van der Waals surface area contributed by atoms with Crippen LogP contribution in [-0.4, -0.2) is 23.8 Å². The van der Waals surface area contributed by atoms with Crippen LogP contribution in [0.5, 0.6) is 0 Å². The summed E-state index contributed by atoms with van der Waals surface area (Å²) in [5.41, 5.74) is 0.621. The van der Waals surface area contributed by atoms with Gasteiger partial charge in [-0.1, -0.05) is 0 Å². The van der Waals surface area contributed by atoms with Crippen LogP contribution < -0.4 is 5.32 Å². The first-order valence-electron chi connectivity index (χ1n) is 5.12. The van der Waals surface area contributed by atoms with E-state index in [-0.39, 0.29) is 10.2 Å². The highest BCUT2D eigenvalue weighted by molar-refractivity contribution is 9.10. The smallest absolute Gasteiger partial charge is 0.403 e. The number of benzene rings is 1.